The third-order valence-electron chi connectivity index (χ3n) is 2.69. The molecule has 0 spiro atoms. The van der Waals surface area contributed by atoms with E-state index in [4.69, 9.17) is 5.11 Å². The monoisotopic (exact) mass is 315 g/mol. The van der Waals surface area contributed by atoms with Gasteiger partial charge in [-0.05, 0) is 18.6 Å². The van der Waals surface area contributed by atoms with E-state index in [0.29, 0.717) is 0 Å². The van der Waals surface area contributed by atoms with Crippen LogP contribution in [0.15, 0.2) is 35.2 Å². The Bertz CT molecular complexity index is 584. The molecule has 8 heteroatoms. The number of carbonyl (C=O) groups is 2. The number of benzene rings is 1. The predicted molar refractivity (Wildman–Crippen MR) is 74.6 cm³/mol. The van der Waals surface area contributed by atoms with E-state index in [1.165, 1.54) is 19.2 Å². The fourth-order valence-electron chi connectivity index (χ4n) is 1.64. The molecule has 7 nitrogen and oxygen atoms in total. The molecule has 1 amide bonds. The van der Waals surface area contributed by atoms with Crippen LogP contribution in [0.1, 0.15) is 6.42 Å². The normalized spacial score (nSPS) is 12.6. The minimum atomic E-state index is -3.58. The van der Waals surface area contributed by atoms with Gasteiger partial charge in [0.05, 0.1) is 10.6 Å². The number of rotatable bonds is 8. The van der Waals surface area contributed by atoms with Gasteiger partial charge in [0.2, 0.25) is 5.91 Å². The van der Waals surface area contributed by atoms with E-state index in [1.807, 2.05) is 0 Å². The molecular weight excluding hydrogens is 298 g/mol. The summed E-state index contributed by atoms with van der Waals surface area (Å²) in [6.45, 7) is -0.283. The zero-order valence-electron chi connectivity index (χ0n) is 11.5. The topological polar surface area (TPSA) is 110 Å². The predicted octanol–water partition coefficient (Wildman–Crippen LogP) is 0.0662. The van der Waals surface area contributed by atoms with Crippen LogP contribution in [-0.4, -0.2) is 50.9 Å². The fourth-order valence-corrected chi connectivity index (χ4v) is 3.00. The van der Waals surface area contributed by atoms with E-state index in [-0.39, 0.29) is 23.7 Å². The van der Waals surface area contributed by atoms with E-state index in [0.717, 1.165) is 0 Å². The van der Waals surface area contributed by atoms with Crippen molar-refractivity contribution < 1.29 is 27.9 Å². The van der Waals surface area contributed by atoms with E-state index in [2.05, 4.69) is 10.1 Å². The summed E-state index contributed by atoms with van der Waals surface area (Å²) < 4.78 is 28.7. The van der Waals surface area contributed by atoms with Crippen molar-refractivity contribution in [3.63, 3.8) is 0 Å². The van der Waals surface area contributed by atoms with Crippen LogP contribution in [0.3, 0.4) is 0 Å². The molecule has 0 saturated heterocycles. The highest BCUT2D eigenvalue weighted by atomic mass is 32.2. The van der Waals surface area contributed by atoms with Gasteiger partial charge in [0, 0.05) is 7.11 Å². The molecule has 0 aliphatic carbocycles. The minimum absolute atomic E-state index is 0.123. The summed E-state index contributed by atoms with van der Waals surface area (Å²) in [7, 11) is -2.28. The van der Waals surface area contributed by atoms with Crippen LogP contribution in [0.5, 0.6) is 0 Å². The molecule has 0 radical (unpaired) electrons. The van der Waals surface area contributed by atoms with Crippen molar-refractivity contribution in [3.05, 3.63) is 30.3 Å². The summed E-state index contributed by atoms with van der Waals surface area (Å²) in [4.78, 5) is 22.5. The number of aliphatic carboxylic acids is 1. The molecule has 0 saturated carbocycles. The molecule has 0 heterocycles. The maximum absolute atomic E-state index is 12.0. The molecule has 2 N–H and O–H groups in total. The lowest BCUT2D eigenvalue weighted by Crippen LogP contribution is -2.43. The lowest BCUT2D eigenvalue weighted by molar-refractivity contribution is -0.142. The van der Waals surface area contributed by atoms with Crippen molar-refractivity contribution in [2.24, 2.45) is 0 Å². The Morgan fingerprint density at radius 1 is 1.29 bits per heavy atom. The zero-order valence-corrected chi connectivity index (χ0v) is 12.3. The standard InChI is InChI=1S/C13H17NO6S/c1-20-9-12(15)14-11(13(16)17)7-8-21(18,19)10-5-3-2-4-6-10/h2-6,11H,7-9H2,1H3,(H,14,15)(H,16,17)/t11-/m0/s1. The molecule has 1 rings (SSSR count). The number of hydrogen-bond acceptors (Lipinski definition) is 5. The number of carboxylic acids is 1. The molecule has 0 aromatic heterocycles. The van der Waals surface area contributed by atoms with Gasteiger partial charge >= 0.3 is 5.97 Å². The Morgan fingerprint density at radius 2 is 1.90 bits per heavy atom. The number of nitrogens with one attached hydrogen (secondary N) is 1. The molecule has 116 valence electrons. The molecular formula is C13H17NO6S. The summed E-state index contributed by atoms with van der Waals surface area (Å²) in [5.74, 6) is -2.27. The highest BCUT2D eigenvalue weighted by Crippen LogP contribution is 2.12. The van der Waals surface area contributed by atoms with Gasteiger partial charge in [-0.15, -0.1) is 0 Å². The molecule has 21 heavy (non-hydrogen) atoms. The number of hydrogen-bond donors (Lipinski definition) is 2. The largest absolute Gasteiger partial charge is 0.480 e. The minimum Gasteiger partial charge on any atom is -0.480 e. The summed E-state index contributed by atoms with van der Waals surface area (Å²) >= 11 is 0. The first-order chi connectivity index (χ1) is 9.86. The average molecular weight is 315 g/mol. The molecule has 1 atom stereocenters. The fraction of sp³-hybridized carbons (Fsp3) is 0.385. The first kappa shape index (κ1) is 17.1. The van der Waals surface area contributed by atoms with Gasteiger partial charge in [0.15, 0.2) is 9.84 Å². The second-order valence-electron chi connectivity index (χ2n) is 4.31. The van der Waals surface area contributed by atoms with Crippen molar-refractivity contribution in [2.45, 2.75) is 17.4 Å². The molecule has 1 aromatic carbocycles. The lowest BCUT2D eigenvalue weighted by Gasteiger charge is -2.14. The van der Waals surface area contributed by atoms with Gasteiger partial charge in [-0.25, -0.2) is 13.2 Å². The Hall–Kier alpha value is -1.93. The molecule has 1 aromatic rings. The summed E-state index contributed by atoms with van der Waals surface area (Å²) in [6, 6.07) is 6.46. The van der Waals surface area contributed by atoms with E-state index in [1.54, 1.807) is 18.2 Å². The van der Waals surface area contributed by atoms with Crippen molar-refractivity contribution in [1.29, 1.82) is 0 Å². The van der Waals surface area contributed by atoms with Gasteiger partial charge in [0.25, 0.3) is 0 Å². The number of sulfone groups is 1. The van der Waals surface area contributed by atoms with Gasteiger partial charge in [-0.3, -0.25) is 4.79 Å². The second-order valence-corrected chi connectivity index (χ2v) is 6.42. The Balaban J connectivity index is 2.69. The van der Waals surface area contributed by atoms with E-state index >= 15 is 0 Å². The highest BCUT2D eigenvalue weighted by molar-refractivity contribution is 7.91. The van der Waals surface area contributed by atoms with Gasteiger partial charge in [-0.1, -0.05) is 18.2 Å². The molecule has 0 bridgehead atoms. The van der Waals surface area contributed by atoms with E-state index in [9.17, 15) is 18.0 Å². The van der Waals surface area contributed by atoms with Gasteiger partial charge in [0.1, 0.15) is 12.6 Å². The zero-order chi connectivity index (χ0) is 15.9. The lowest BCUT2D eigenvalue weighted by atomic mass is 10.2. The van der Waals surface area contributed by atoms with Crippen LogP contribution >= 0.6 is 0 Å². The quantitative estimate of drug-likeness (QED) is 0.702. The van der Waals surface area contributed by atoms with Crippen LogP contribution in [0, 0.1) is 0 Å². The number of methoxy groups -OCH3 is 1. The third kappa shape index (κ3) is 5.52. The Kier molecular flexibility index (Phi) is 6.32. The summed E-state index contributed by atoms with van der Waals surface area (Å²) in [6.07, 6.45) is -0.220. The van der Waals surface area contributed by atoms with Crippen molar-refractivity contribution in [1.82, 2.24) is 5.32 Å². The number of ether oxygens (including phenoxy) is 1. The molecule has 0 aliphatic rings. The van der Waals surface area contributed by atoms with Gasteiger partial charge in [-0.2, -0.15) is 0 Å². The molecule has 0 fully saturated rings. The van der Waals surface area contributed by atoms with Crippen molar-refractivity contribution in [3.8, 4) is 0 Å². The average Bonchev–Trinajstić information content (AvgIpc) is 2.44. The highest BCUT2D eigenvalue weighted by Gasteiger charge is 2.23. The van der Waals surface area contributed by atoms with Crippen LogP contribution in [0.2, 0.25) is 0 Å². The first-order valence-corrected chi connectivity index (χ1v) is 7.81. The first-order valence-electron chi connectivity index (χ1n) is 6.15. The maximum Gasteiger partial charge on any atom is 0.326 e. The van der Waals surface area contributed by atoms with Crippen molar-refractivity contribution >= 4 is 21.7 Å². The van der Waals surface area contributed by atoms with Crippen molar-refractivity contribution in [2.75, 3.05) is 19.5 Å². The number of carbonyl (C=O) groups excluding carboxylic acids is 1. The van der Waals surface area contributed by atoms with Crippen LogP contribution < -0.4 is 5.32 Å². The number of amides is 1. The van der Waals surface area contributed by atoms with Crippen LogP contribution in [0.4, 0.5) is 0 Å². The third-order valence-corrected chi connectivity index (χ3v) is 4.45. The van der Waals surface area contributed by atoms with Crippen LogP contribution in [-0.2, 0) is 24.2 Å². The smallest absolute Gasteiger partial charge is 0.326 e. The maximum atomic E-state index is 12.0. The Labute approximate surface area is 122 Å². The summed E-state index contributed by atoms with van der Waals surface area (Å²) in [5, 5.41) is 11.2. The SMILES string of the molecule is COCC(=O)N[C@@H](CCS(=O)(=O)c1ccccc1)C(=O)O. The summed E-state index contributed by atoms with van der Waals surface area (Å²) in [5.41, 5.74) is 0. The molecule has 0 aliphatic heterocycles. The van der Waals surface area contributed by atoms with Gasteiger partial charge < -0.3 is 15.2 Å². The van der Waals surface area contributed by atoms with Crippen LogP contribution in [0.25, 0.3) is 0 Å². The number of carboxylic acid groups (broad SMARTS) is 1. The molecule has 0 unspecified atom stereocenters. The van der Waals surface area contributed by atoms with E-state index < -0.39 is 27.8 Å². The Morgan fingerprint density at radius 3 is 2.43 bits per heavy atom. The second kappa shape index (κ2) is 7.75.